The maximum atomic E-state index is 9.26. The van der Waals surface area contributed by atoms with Crippen molar-refractivity contribution in [1.29, 1.82) is 5.26 Å². The molecule has 0 N–H and O–H groups in total. The van der Waals surface area contributed by atoms with Crippen molar-refractivity contribution < 1.29 is 0 Å². The Kier molecular flexibility index (Phi) is 5.42. The molecule has 1 unspecified atom stereocenters. The summed E-state index contributed by atoms with van der Waals surface area (Å²) in [4.78, 5) is 3.39. The molecular formula is C21H21ClN2S. The van der Waals surface area contributed by atoms with E-state index in [-0.39, 0.29) is 0 Å². The largest absolute Gasteiger partial charge is 0.339 e. The highest BCUT2D eigenvalue weighted by atomic mass is 35.5. The van der Waals surface area contributed by atoms with Gasteiger partial charge in [0.25, 0.3) is 0 Å². The Morgan fingerprint density at radius 3 is 2.88 bits per heavy atom. The van der Waals surface area contributed by atoms with Crippen molar-refractivity contribution in [1.82, 2.24) is 0 Å². The number of anilines is 1. The molecule has 1 atom stereocenters. The van der Waals surface area contributed by atoms with Gasteiger partial charge in [0.2, 0.25) is 0 Å². The molecule has 0 aliphatic carbocycles. The molecule has 0 aromatic heterocycles. The fraction of sp³-hybridized carbons (Fsp3) is 0.286. The van der Waals surface area contributed by atoms with Crippen molar-refractivity contribution in [3.63, 3.8) is 0 Å². The monoisotopic (exact) mass is 368 g/mol. The summed E-state index contributed by atoms with van der Waals surface area (Å²) < 4.78 is 0. The molecule has 0 amide bonds. The van der Waals surface area contributed by atoms with Gasteiger partial charge in [-0.1, -0.05) is 44.2 Å². The Balaban J connectivity index is 2.05. The highest BCUT2D eigenvalue weighted by Crippen LogP contribution is 2.41. The van der Waals surface area contributed by atoms with Gasteiger partial charge < -0.3 is 4.90 Å². The molecule has 3 rings (SSSR count). The minimum absolute atomic E-state index is 0.450. The standard InChI is InChI=1S/C21H21ClN2S/c1-4-14(2)17-6-5-7-19(22)18(17)12-24-15(3)13-25-21-9-8-16(11-23)10-20(21)24/h5-10,14H,3-4,12-13H2,1-2H3. The van der Waals surface area contributed by atoms with Crippen LogP contribution in [0.3, 0.4) is 0 Å². The maximum absolute atomic E-state index is 9.26. The summed E-state index contributed by atoms with van der Waals surface area (Å²) in [5.41, 5.74) is 5.21. The predicted molar refractivity (Wildman–Crippen MR) is 107 cm³/mol. The zero-order chi connectivity index (χ0) is 18.0. The predicted octanol–water partition coefficient (Wildman–Crippen LogP) is 6.35. The Morgan fingerprint density at radius 1 is 1.36 bits per heavy atom. The summed E-state index contributed by atoms with van der Waals surface area (Å²) in [6.07, 6.45) is 1.07. The van der Waals surface area contributed by atoms with E-state index in [0.717, 1.165) is 34.1 Å². The van der Waals surface area contributed by atoms with Crippen LogP contribution in [0.15, 0.2) is 53.6 Å². The van der Waals surface area contributed by atoms with E-state index in [9.17, 15) is 5.26 Å². The Bertz CT molecular complexity index is 853. The van der Waals surface area contributed by atoms with Gasteiger partial charge in [-0.05, 0) is 47.7 Å². The second-order valence-electron chi connectivity index (χ2n) is 6.35. The molecule has 2 aromatic rings. The van der Waals surface area contributed by atoms with E-state index in [1.54, 1.807) is 11.8 Å². The number of thioether (sulfide) groups is 1. The lowest BCUT2D eigenvalue weighted by atomic mass is 9.93. The molecule has 0 bridgehead atoms. The smallest absolute Gasteiger partial charge is 0.0992 e. The summed E-state index contributed by atoms with van der Waals surface area (Å²) >= 11 is 8.34. The van der Waals surface area contributed by atoms with Gasteiger partial charge in [0, 0.05) is 27.9 Å². The lowest BCUT2D eigenvalue weighted by molar-refractivity contribution is 0.718. The number of nitriles is 1. The molecule has 0 spiro atoms. The van der Waals surface area contributed by atoms with E-state index < -0.39 is 0 Å². The third-order valence-corrected chi connectivity index (χ3v) is 6.26. The minimum Gasteiger partial charge on any atom is -0.339 e. The number of halogens is 1. The van der Waals surface area contributed by atoms with E-state index in [1.807, 2.05) is 30.3 Å². The topological polar surface area (TPSA) is 27.0 Å². The first-order valence-electron chi connectivity index (χ1n) is 8.44. The molecule has 1 heterocycles. The molecule has 0 radical (unpaired) electrons. The SMILES string of the molecule is C=C1CSc2ccc(C#N)cc2N1Cc1c(Cl)cccc1C(C)CC. The first-order chi connectivity index (χ1) is 12.0. The van der Waals surface area contributed by atoms with Crippen molar-refractivity contribution >= 4 is 29.1 Å². The second-order valence-corrected chi connectivity index (χ2v) is 7.78. The molecule has 4 heteroatoms. The molecule has 1 aliphatic rings. The van der Waals surface area contributed by atoms with Crippen LogP contribution in [0.2, 0.25) is 5.02 Å². The van der Waals surface area contributed by atoms with Crippen LogP contribution in [0.5, 0.6) is 0 Å². The van der Waals surface area contributed by atoms with Gasteiger partial charge in [-0.25, -0.2) is 0 Å². The molecule has 1 aliphatic heterocycles. The Labute approximate surface area is 159 Å². The lowest BCUT2D eigenvalue weighted by Crippen LogP contribution is -2.27. The fourth-order valence-corrected chi connectivity index (χ4v) is 4.31. The van der Waals surface area contributed by atoms with Gasteiger partial charge in [-0.2, -0.15) is 5.26 Å². The summed E-state index contributed by atoms with van der Waals surface area (Å²) in [6.45, 7) is 9.36. The van der Waals surface area contributed by atoms with Crippen LogP contribution in [-0.2, 0) is 6.54 Å². The first kappa shape index (κ1) is 17.9. The number of benzene rings is 2. The summed E-state index contributed by atoms with van der Waals surface area (Å²) in [5.74, 6) is 1.30. The third-order valence-electron chi connectivity index (χ3n) is 4.77. The van der Waals surface area contributed by atoms with Crippen LogP contribution in [0.25, 0.3) is 0 Å². The minimum atomic E-state index is 0.450. The van der Waals surface area contributed by atoms with Crippen molar-refractivity contribution in [2.45, 2.75) is 37.6 Å². The highest BCUT2D eigenvalue weighted by Gasteiger charge is 2.23. The Morgan fingerprint density at radius 2 is 2.16 bits per heavy atom. The highest BCUT2D eigenvalue weighted by molar-refractivity contribution is 7.99. The van der Waals surface area contributed by atoms with E-state index >= 15 is 0 Å². The van der Waals surface area contributed by atoms with Gasteiger partial charge >= 0.3 is 0 Å². The van der Waals surface area contributed by atoms with Crippen molar-refractivity contribution in [2.75, 3.05) is 10.7 Å². The quantitative estimate of drug-likeness (QED) is 0.629. The number of hydrogen-bond acceptors (Lipinski definition) is 3. The number of hydrogen-bond donors (Lipinski definition) is 0. The average molecular weight is 369 g/mol. The van der Waals surface area contributed by atoms with Crippen molar-refractivity contribution in [3.8, 4) is 6.07 Å². The first-order valence-corrected chi connectivity index (χ1v) is 9.81. The van der Waals surface area contributed by atoms with Crippen LogP contribution in [-0.4, -0.2) is 5.75 Å². The molecule has 0 saturated heterocycles. The van der Waals surface area contributed by atoms with Gasteiger partial charge in [0.15, 0.2) is 0 Å². The van der Waals surface area contributed by atoms with E-state index in [1.165, 1.54) is 10.5 Å². The zero-order valence-electron chi connectivity index (χ0n) is 14.6. The van der Waals surface area contributed by atoms with Gasteiger partial charge in [-0.3, -0.25) is 0 Å². The second kappa shape index (κ2) is 7.56. The molecule has 2 nitrogen and oxygen atoms in total. The molecule has 0 saturated carbocycles. The van der Waals surface area contributed by atoms with Crippen LogP contribution in [0, 0.1) is 11.3 Å². The number of fused-ring (bicyclic) bond motifs is 1. The van der Waals surface area contributed by atoms with Crippen molar-refractivity contribution in [3.05, 3.63) is 70.4 Å². The summed E-state index contributed by atoms with van der Waals surface area (Å²) in [5, 5.41) is 10.0. The van der Waals surface area contributed by atoms with Crippen LogP contribution >= 0.6 is 23.4 Å². The fourth-order valence-electron chi connectivity index (χ4n) is 3.11. The van der Waals surface area contributed by atoms with Crippen LogP contribution in [0.1, 0.15) is 42.9 Å². The van der Waals surface area contributed by atoms with Crippen LogP contribution in [0.4, 0.5) is 5.69 Å². The van der Waals surface area contributed by atoms with E-state index in [0.29, 0.717) is 18.0 Å². The van der Waals surface area contributed by atoms with Gasteiger partial charge in [0.1, 0.15) is 0 Å². The molecule has 128 valence electrons. The van der Waals surface area contributed by atoms with Gasteiger partial charge in [0.05, 0.1) is 17.3 Å². The molecule has 2 aromatic carbocycles. The van der Waals surface area contributed by atoms with E-state index in [2.05, 4.69) is 37.5 Å². The van der Waals surface area contributed by atoms with Crippen LogP contribution < -0.4 is 4.90 Å². The maximum Gasteiger partial charge on any atom is 0.0992 e. The van der Waals surface area contributed by atoms with Gasteiger partial charge in [-0.15, -0.1) is 11.8 Å². The molecular weight excluding hydrogens is 348 g/mol. The number of rotatable bonds is 4. The Hall–Kier alpha value is -1.89. The third kappa shape index (κ3) is 3.56. The summed E-state index contributed by atoms with van der Waals surface area (Å²) in [7, 11) is 0. The normalized spacial score (nSPS) is 14.8. The number of nitrogens with zero attached hydrogens (tertiary/aromatic N) is 2. The lowest BCUT2D eigenvalue weighted by Gasteiger charge is -2.34. The molecule has 25 heavy (non-hydrogen) atoms. The zero-order valence-corrected chi connectivity index (χ0v) is 16.1. The average Bonchev–Trinajstić information content (AvgIpc) is 2.64. The van der Waals surface area contributed by atoms with Crippen molar-refractivity contribution in [2.24, 2.45) is 0 Å². The molecule has 0 fully saturated rings. The van der Waals surface area contributed by atoms with E-state index in [4.69, 9.17) is 11.6 Å². The summed E-state index contributed by atoms with van der Waals surface area (Å²) in [6, 6.07) is 14.2.